The van der Waals surface area contributed by atoms with E-state index in [2.05, 4.69) is 10.9 Å². The molecule has 132 valence electrons. The third-order valence-electron chi connectivity index (χ3n) is 4.58. The van der Waals surface area contributed by atoms with Crippen LogP contribution in [0.2, 0.25) is 0 Å². The monoisotopic (exact) mass is 341 g/mol. The zero-order valence-corrected chi connectivity index (χ0v) is 14.5. The predicted molar refractivity (Wildman–Crippen MR) is 94.4 cm³/mol. The Balaban J connectivity index is 1.69. The second kappa shape index (κ2) is 7.53. The van der Waals surface area contributed by atoms with Gasteiger partial charge in [0.15, 0.2) is 0 Å². The van der Waals surface area contributed by atoms with Gasteiger partial charge in [-0.1, -0.05) is 18.2 Å². The van der Waals surface area contributed by atoms with Gasteiger partial charge in [0.25, 0.3) is 5.91 Å². The molecule has 0 atom stereocenters. The van der Waals surface area contributed by atoms with Gasteiger partial charge in [0.2, 0.25) is 5.91 Å². The Labute approximate surface area is 147 Å². The van der Waals surface area contributed by atoms with Crippen LogP contribution in [0.15, 0.2) is 36.4 Å². The van der Waals surface area contributed by atoms with Crippen LogP contribution >= 0.6 is 0 Å². The molecule has 0 saturated carbocycles. The number of carbonyl (C=O) groups is 2. The molecule has 2 amide bonds. The van der Waals surface area contributed by atoms with Gasteiger partial charge in [0.1, 0.15) is 0 Å². The number of rotatable bonds is 3. The quantitative estimate of drug-likeness (QED) is 0.841. The SMILES string of the molecule is Cc1cc(C(=O)NNC(=O)C2CCOCC2)c(C)n1-c1ccccc1. The summed E-state index contributed by atoms with van der Waals surface area (Å²) >= 11 is 0. The standard InChI is InChI=1S/C19H23N3O3/c1-13-12-17(14(2)22(13)16-6-4-3-5-7-16)19(24)21-20-18(23)15-8-10-25-11-9-15/h3-7,12,15H,8-11H2,1-2H3,(H,20,23)(H,21,24). The lowest BCUT2D eigenvalue weighted by Crippen LogP contribution is -2.45. The number of aromatic nitrogens is 1. The predicted octanol–water partition coefficient (Wildman–Crippen LogP) is 2.28. The van der Waals surface area contributed by atoms with Crippen molar-refractivity contribution in [2.75, 3.05) is 13.2 Å². The second-order valence-corrected chi connectivity index (χ2v) is 6.29. The molecular formula is C19H23N3O3. The van der Waals surface area contributed by atoms with E-state index in [1.54, 1.807) is 0 Å². The molecule has 0 spiro atoms. The topological polar surface area (TPSA) is 72.4 Å². The first-order valence-corrected chi connectivity index (χ1v) is 8.50. The molecular weight excluding hydrogens is 318 g/mol. The Morgan fingerprint density at radius 1 is 1.08 bits per heavy atom. The zero-order valence-electron chi connectivity index (χ0n) is 14.5. The summed E-state index contributed by atoms with van der Waals surface area (Å²) in [6.07, 6.45) is 1.37. The van der Waals surface area contributed by atoms with Crippen LogP contribution < -0.4 is 10.9 Å². The molecule has 3 rings (SSSR count). The smallest absolute Gasteiger partial charge is 0.271 e. The van der Waals surface area contributed by atoms with Crippen molar-refractivity contribution in [2.24, 2.45) is 5.92 Å². The van der Waals surface area contributed by atoms with Crippen molar-refractivity contribution >= 4 is 11.8 Å². The van der Waals surface area contributed by atoms with Crippen molar-refractivity contribution in [2.45, 2.75) is 26.7 Å². The number of ether oxygens (including phenoxy) is 1. The lowest BCUT2D eigenvalue weighted by atomic mass is 10.00. The molecule has 2 heterocycles. The fourth-order valence-electron chi connectivity index (χ4n) is 3.21. The van der Waals surface area contributed by atoms with Gasteiger partial charge in [-0.15, -0.1) is 0 Å². The van der Waals surface area contributed by atoms with Gasteiger partial charge in [0.05, 0.1) is 5.56 Å². The first-order valence-electron chi connectivity index (χ1n) is 8.50. The summed E-state index contributed by atoms with van der Waals surface area (Å²) in [6, 6.07) is 11.7. The molecule has 0 bridgehead atoms. The Hall–Kier alpha value is -2.60. The fourth-order valence-corrected chi connectivity index (χ4v) is 3.21. The van der Waals surface area contributed by atoms with Crippen LogP contribution in [0.5, 0.6) is 0 Å². The number of benzene rings is 1. The van der Waals surface area contributed by atoms with Gasteiger partial charge in [-0.2, -0.15) is 0 Å². The summed E-state index contributed by atoms with van der Waals surface area (Å²) < 4.78 is 7.27. The van der Waals surface area contributed by atoms with Gasteiger partial charge in [-0.05, 0) is 44.9 Å². The normalized spacial score (nSPS) is 15.0. The Morgan fingerprint density at radius 2 is 1.76 bits per heavy atom. The van der Waals surface area contributed by atoms with Crippen molar-refractivity contribution < 1.29 is 14.3 Å². The summed E-state index contributed by atoms with van der Waals surface area (Å²) in [5, 5.41) is 0. The van der Waals surface area contributed by atoms with Crippen LogP contribution in [0.25, 0.3) is 5.69 Å². The summed E-state index contributed by atoms with van der Waals surface area (Å²) in [5.41, 5.74) is 8.43. The summed E-state index contributed by atoms with van der Waals surface area (Å²) in [4.78, 5) is 24.6. The van der Waals surface area contributed by atoms with E-state index in [9.17, 15) is 9.59 Å². The fraction of sp³-hybridized carbons (Fsp3) is 0.368. The van der Waals surface area contributed by atoms with E-state index in [-0.39, 0.29) is 17.7 Å². The van der Waals surface area contributed by atoms with Gasteiger partial charge < -0.3 is 9.30 Å². The average Bonchev–Trinajstić information content (AvgIpc) is 2.95. The van der Waals surface area contributed by atoms with Crippen LogP contribution in [0.4, 0.5) is 0 Å². The summed E-state index contributed by atoms with van der Waals surface area (Å²) in [5.74, 6) is -0.574. The molecule has 6 nitrogen and oxygen atoms in total. The molecule has 1 aliphatic heterocycles. The van der Waals surface area contributed by atoms with E-state index >= 15 is 0 Å². The Morgan fingerprint density at radius 3 is 2.44 bits per heavy atom. The molecule has 6 heteroatoms. The molecule has 25 heavy (non-hydrogen) atoms. The van der Waals surface area contributed by atoms with Crippen LogP contribution in [0.3, 0.4) is 0 Å². The van der Waals surface area contributed by atoms with Crippen LogP contribution in [0, 0.1) is 19.8 Å². The Kier molecular flexibility index (Phi) is 5.19. The van der Waals surface area contributed by atoms with Crippen LogP contribution in [-0.4, -0.2) is 29.6 Å². The van der Waals surface area contributed by atoms with Crippen LogP contribution in [0.1, 0.15) is 34.6 Å². The number of para-hydroxylation sites is 1. The van der Waals surface area contributed by atoms with Crippen molar-refractivity contribution in [1.29, 1.82) is 0 Å². The van der Waals surface area contributed by atoms with E-state index in [1.165, 1.54) is 0 Å². The minimum Gasteiger partial charge on any atom is -0.381 e. The minimum atomic E-state index is -0.310. The second-order valence-electron chi connectivity index (χ2n) is 6.29. The Bertz CT molecular complexity index is 762. The summed E-state index contributed by atoms with van der Waals surface area (Å²) in [6.45, 7) is 5.03. The molecule has 2 aromatic rings. The highest BCUT2D eigenvalue weighted by Crippen LogP contribution is 2.20. The lowest BCUT2D eigenvalue weighted by molar-refractivity contribution is -0.128. The number of hydrogen-bond donors (Lipinski definition) is 2. The van der Waals surface area contributed by atoms with E-state index in [4.69, 9.17) is 4.74 Å². The number of nitrogens with one attached hydrogen (secondary N) is 2. The van der Waals surface area contributed by atoms with Crippen molar-refractivity contribution in [3.63, 3.8) is 0 Å². The molecule has 0 radical (unpaired) electrons. The average molecular weight is 341 g/mol. The first kappa shape index (κ1) is 17.2. The molecule has 1 saturated heterocycles. The first-order chi connectivity index (χ1) is 12.1. The third kappa shape index (κ3) is 3.74. The van der Waals surface area contributed by atoms with Crippen molar-refractivity contribution in [3.8, 4) is 5.69 Å². The van der Waals surface area contributed by atoms with E-state index in [0.717, 1.165) is 17.1 Å². The number of hydrazine groups is 1. The largest absolute Gasteiger partial charge is 0.381 e. The zero-order chi connectivity index (χ0) is 17.8. The third-order valence-corrected chi connectivity index (χ3v) is 4.58. The highest BCUT2D eigenvalue weighted by atomic mass is 16.5. The maximum absolute atomic E-state index is 12.5. The van der Waals surface area contributed by atoms with Gasteiger partial charge in [-0.25, -0.2) is 0 Å². The highest BCUT2D eigenvalue weighted by molar-refractivity contribution is 5.97. The molecule has 1 aromatic carbocycles. The maximum atomic E-state index is 12.5. The van der Waals surface area contributed by atoms with Crippen molar-refractivity contribution in [3.05, 3.63) is 53.3 Å². The summed E-state index contributed by atoms with van der Waals surface area (Å²) in [7, 11) is 0. The number of amides is 2. The molecule has 0 unspecified atom stereocenters. The number of hydrogen-bond acceptors (Lipinski definition) is 3. The number of carbonyl (C=O) groups excluding carboxylic acids is 2. The maximum Gasteiger partial charge on any atom is 0.271 e. The van der Waals surface area contributed by atoms with E-state index < -0.39 is 0 Å². The van der Waals surface area contributed by atoms with E-state index in [1.807, 2.05) is 54.8 Å². The number of nitrogens with zero attached hydrogens (tertiary/aromatic N) is 1. The van der Waals surface area contributed by atoms with Crippen LogP contribution in [-0.2, 0) is 9.53 Å². The van der Waals surface area contributed by atoms with E-state index in [0.29, 0.717) is 31.6 Å². The number of aryl methyl sites for hydroxylation is 1. The van der Waals surface area contributed by atoms with Gasteiger partial charge in [0, 0.05) is 36.2 Å². The lowest BCUT2D eigenvalue weighted by Gasteiger charge is -2.21. The molecule has 0 aliphatic carbocycles. The van der Waals surface area contributed by atoms with Crippen molar-refractivity contribution in [1.82, 2.24) is 15.4 Å². The van der Waals surface area contributed by atoms with Gasteiger partial charge >= 0.3 is 0 Å². The van der Waals surface area contributed by atoms with Gasteiger partial charge in [-0.3, -0.25) is 20.4 Å². The molecule has 1 fully saturated rings. The highest BCUT2D eigenvalue weighted by Gasteiger charge is 2.23. The molecule has 1 aliphatic rings. The molecule has 1 aromatic heterocycles. The molecule has 2 N–H and O–H groups in total. The minimum absolute atomic E-state index is 0.106.